The van der Waals surface area contributed by atoms with E-state index in [0.717, 1.165) is 22.3 Å². The maximum atomic E-state index is 13.0. The SMILES string of the molecule is COCCn1c(=NC(=O)c2cccc(C(F)(F)F)c2)sc2cc(OC)c(OC)cc21. The third-order valence-electron chi connectivity index (χ3n) is 4.34. The molecule has 1 heterocycles. The highest BCUT2D eigenvalue weighted by Crippen LogP contribution is 2.33. The van der Waals surface area contributed by atoms with Crippen LogP contribution in [0.2, 0.25) is 0 Å². The maximum absolute atomic E-state index is 13.0. The Kier molecular flexibility index (Phi) is 6.47. The molecule has 0 aliphatic rings. The van der Waals surface area contributed by atoms with Crippen LogP contribution >= 0.6 is 11.3 Å². The molecule has 1 amide bonds. The van der Waals surface area contributed by atoms with Gasteiger partial charge in [-0.15, -0.1) is 0 Å². The number of methoxy groups -OCH3 is 3. The van der Waals surface area contributed by atoms with Crippen molar-refractivity contribution < 1.29 is 32.2 Å². The van der Waals surface area contributed by atoms with Crippen molar-refractivity contribution in [1.82, 2.24) is 4.57 Å². The fraction of sp³-hybridized carbons (Fsp3) is 0.300. The topological polar surface area (TPSA) is 62.1 Å². The van der Waals surface area contributed by atoms with E-state index in [1.54, 1.807) is 23.8 Å². The molecule has 0 saturated carbocycles. The summed E-state index contributed by atoms with van der Waals surface area (Å²) < 4.78 is 57.2. The molecular weight excluding hydrogens is 421 g/mol. The van der Waals surface area contributed by atoms with Crippen molar-refractivity contribution >= 4 is 27.5 Å². The minimum atomic E-state index is -4.54. The van der Waals surface area contributed by atoms with E-state index in [9.17, 15) is 18.0 Å². The standard InChI is InChI=1S/C20H19F3N2O4S/c1-27-8-7-25-14-10-15(28-2)16(29-3)11-17(14)30-19(25)24-18(26)12-5-4-6-13(9-12)20(21,22)23/h4-6,9-11H,7-8H2,1-3H3. The number of alkyl halides is 3. The average molecular weight is 440 g/mol. The smallest absolute Gasteiger partial charge is 0.416 e. The van der Waals surface area contributed by atoms with Crippen LogP contribution in [0, 0.1) is 0 Å². The zero-order chi connectivity index (χ0) is 21.9. The molecule has 0 bridgehead atoms. The minimum Gasteiger partial charge on any atom is -0.493 e. The summed E-state index contributed by atoms with van der Waals surface area (Å²) in [6.07, 6.45) is -4.54. The number of halogens is 3. The number of rotatable bonds is 6. The number of fused-ring (bicyclic) bond motifs is 1. The van der Waals surface area contributed by atoms with Gasteiger partial charge >= 0.3 is 6.18 Å². The van der Waals surface area contributed by atoms with Gasteiger partial charge in [0.1, 0.15) is 0 Å². The van der Waals surface area contributed by atoms with Crippen molar-refractivity contribution in [2.24, 2.45) is 4.99 Å². The summed E-state index contributed by atoms with van der Waals surface area (Å²) in [4.78, 5) is 17.0. The van der Waals surface area contributed by atoms with Crippen molar-refractivity contribution in [3.05, 3.63) is 52.3 Å². The molecule has 0 aliphatic carbocycles. The van der Waals surface area contributed by atoms with Crippen molar-refractivity contribution in [3.8, 4) is 11.5 Å². The summed E-state index contributed by atoms with van der Waals surface area (Å²) in [6.45, 7) is 0.742. The molecule has 1 aromatic heterocycles. The van der Waals surface area contributed by atoms with Gasteiger partial charge in [0.25, 0.3) is 5.91 Å². The number of amides is 1. The predicted octanol–water partition coefficient (Wildman–Crippen LogP) is 4.13. The molecular formula is C20H19F3N2O4S. The van der Waals surface area contributed by atoms with Crippen LogP contribution < -0.4 is 14.3 Å². The van der Waals surface area contributed by atoms with Crippen LogP contribution in [0.15, 0.2) is 41.4 Å². The lowest BCUT2D eigenvalue weighted by molar-refractivity contribution is -0.137. The highest BCUT2D eigenvalue weighted by Gasteiger charge is 2.30. The van der Waals surface area contributed by atoms with Crippen molar-refractivity contribution in [3.63, 3.8) is 0 Å². The van der Waals surface area contributed by atoms with Crippen molar-refractivity contribution in [1.29, 1.82) is 0 Å². The van der Waals surface area contributed by atoms with Crippen LogP contribution in [0.4, 0.5) is 13.2 Å². The first-order valence-corrected chi connectivity index (χ1v) is 9.60. The molecule has 0 aliphatic heterocycles. The highest BCUT2D eigenvalue weighted by atomic mass is 32.1. The maximum Gasteiger partial charge on any atom is 0.416 e. The second kappa shape index (κ2) is 8.88. The van der Waals surface area contributed by atoms with Gasteiger partial charge in [0.2, 0.25) is 0 Å². The molecule has 0 atom stereocenters. The first-order chi connectivity index (χ1) is 14.3. The van der Waals surface area contributed by atoms with Crippen molar-refractivity contribution in [2.45, 2.75) is 12.7 Å². The molecule has 0 spiro atoms. The lowest BCUT2D eigenvalue weighted by Gasteiger charge is -2.09. The van der Waals surface area contributed by atoms with Gasteiger partial charge < -0.3 is 18.8 Å². The van der Waals surface area contributed by atoms with E-state index in [4.69, 9.17) is 14.2 Å². The van der Waals surface area contributed by atoms with Gasteiger partial charge in [0, 0.05) is 31.4 Å². The van der Waals surface area contributed by atoms with E-state index in [2.05, 4.69) is 4.99 Å². The summed E-state index contributed by atoms with van der Waals surface area (Å²) in [5.74, 6) is 0.253. The molecule has 0 unspecified atom stereocenters. The van der Waals surface area contributed by atoms with Crippen LogP contribution in [0.5, 0.6) is 11.5 Å². The molecule has 2 aromatic carbocycles. The Bertz CT molecular complexity index is 1140. The van der Waals surface area contributed by atoms with Gasteiger partial charge in [-0.05, 0) is 18.2 Å². The van der Waals surface area contributed by atoms with Gasteiger partial charge in [-0.25, -0.2) is 0 Å². The predicted molar refractivity (Wildman–Crippen MR) is 106 cm³/mol. The van der Waals surface area contributed by atoms with E-state index in [1.807, 2.05) is 0 Å². The van der Waals surface area contributed by atoms with E-state index < -0.39 is 17.6 Å². The summed E-state index contributed by atoms with van der Waals surface area (Å²) in [6, 6.07) is 7.72. The number of hydrogen-bond acceptors (Lipinski definition) is 5. The highest BCUT2D eigenvalue weighted by molar-refractivity contribution is 7.16. The lowest BCUT2D eigenvalue weighted by atomic mass is 10.1. The van der Waals surface area contributed by atoms with Gasteiger partial charge in [-0.2, -0.15) is 18.2 Å². The number of nitrogens with zero attached hydrogens (tertiary/aromatic N) is 2. The molecule has 0 N–H and O–H groups in total. The minimum absolute atomic E-state index is 0.143. The summed E-state index contributed by atoms with van der Waals surface area (Å²) >= 11 is 1.22. The Labute approximate surface area is 174 Å². The van der Waals surface area contributed by atoms with Gasteiger partial charge in [0.05, 0.1) is 36.6 Å². The largest absolute Gasteiger partial charge is 0.493 e. The molecule has 10 heteroatoms. The zero-order valence-electron chi connectivity index (χ0n) is 16.4. The molecule has 160 valence electrons. The van der Waals surface area contributed by atoms with Crippen LogP contribution in [0.1, 0.15) is 15.9 Å². The second-order valence-corrected chi connectivity index (χ2v) is 7.21. The van der Waals surface area contributed by atoms with Gasteiger partial charge in [0.15, 0.2) is 16.3 Å². The van der Waals surface area contributed by atoms with Crippen LogP contribution in [0.25, 0.3) is 10.2 Å². The number of thiazole rings is 1. The van der Waals surface area contributed by atoms with Gasteiger partial charge in [-0.1, -0.05) is 17.4 Å². The number of carbonyl (C=O) groups excluding carboxylic acids is 1. The summed E-state index contributed by atoms with van der Waals surface area (Å²) in [5.41, 5.74) is -0.303. The fourth-order valence-corrected chi connectivity index (χ4v) is 3.93. The van der Waals surface area contributed by atoms with E-state index in [-0.39, 0.29) is 5.56 Å². The zero-order valence-corrected chi connectivity index (χ0v) is 17.3. The number of aromatic nitrogens is 1. The number of ether oxygens (including phenoxy) is 3. The summed E-state index contributed by atoms with van der Waals surface area (Å²) in [5, 5.41) is 0. The molecule has 3 rings (SSSR count). The monoisotopic (exact) mass is 440 g/mol. The third kappa shape index (κ3) is 4.49. The average Bonchev–Trinajstić information content (AvgIpc) is 3.06. The Morgan fingerprint density at radius 2 is 1.80 bits per heavy atom. The Morgan fingerprint density at radius 1 is 1.10 bits per heavy atom. The molecule has 0 fully saturated rings. The van der Waals surface area contributed by atoms with Crippen molar-refractivity contribution in [2.75, 3.05) is 27.9 Å². The molecule has 30 heavy (non-hydrogen) atoms. The first-order valence-electron chi connectivity index (χ1n) is 8.79. The van der Waals surface area contributed by atoms with E-state index in [0.29, 0.717) is 29.5 Å². The number of carbonyl (C=O) groups is 1. The quantitative estimate of drug-likeness (QED) is 0.578. The molecule has 0 radical (unpaired) electrons. The van der Waals surface area contributed by atoms with Crippen LogP contribution in [0.3, 0.4) is 0 Å². The summed E-state index contributed by atoms with van der Waals surface area (Å²) in [7, 11) is 4.57. The molecule has 3 aromatic rings. The van der Waals surface area contributed by atoms with E-state index in [1.165, 1.54) is 37.7 Å². The fourth-order valence-electron chi connectivity index (χ4n) is 2.86. The first kappa shape index (κ1) is 21.8. The number of hydrogen-bond donors (Lipinski definition) is 0. The molecule has 6 nitrogen and oxygen atoms in total. The molecule has 0 saturated heterocycles. The third-order valence-corrected chi connectivity index (χ3v) is 5.38. The Hall–Kier alpha value is -2.85. The number of benzene rings is 2. The van der Waals surface area contributed by atoms with Gasteiger partial charge in [-0.3, -0.25) is 4.79 Å². The Balaban J connectivity index is 2.14. The second-order valence-electron chi connectivity index (χ2n) is 6.20. The van der Waals surface area contributed by atoms with Crippen LogP contribution in [-0.4, -0.2) is 38.4 Å². The van der Waals surface area contributed by atoms with E-state index >= 15 is 0 Å². The van der Waals surface area contributed by atoms with Crippen LogP contribution in [-0.2, 0) is 17.5 Å². The Morgan fingerprint density at radius 3 is 2.43 bits per heavy atom. The normalized spacial score (nSPS) is 12.4. The lowest BCUT2D eigenvalue weighted by Crippen LogP contribution is -2.19.